The monoisotopic (exact) mass is 574 g/mol. The second kappa shape index (κ2) is 10.3. The zero-order valence-electron chi connectivity index (χ0n) is 22.5. The van der Waals surface area contributed by atoms with Crippen molar-refractivity contribution in [3.8, 4) is 22.9 Å². The van der Waals surface area contributed by atoms with E-state index in [1.54, 1.807) is 30.8 Å². The Kier molecular flexibility index (Phi) is 6.80. The summed E-state index contributed by atoms with van der Waals surface area (Å²) in [6.45, 7) is 5.56. The molecule has 1 saturated carbocycles. The van der Waals surface area contributed by atoms with Crippen molar-refractivity contribution in [3.05, 3.63) is 77.0 Å². The third-order valence-electron chi connectivity index (χ3n) is 7.74. The number of ether oxygens (including phenoxy) is 1. The highest BCUT2D eigenvalue weighted by Crippen LogP contribution is 2.52. The largest absolute Gasteiger partial charge is 0.489 e. The number of nitrogens with one attached hydrogen (secondary N) is 1. The molecule has 2 aliphatic rings. The number of anilines is 1. The molecule has 1 aliphatic carbocycles. The van der Waals surface area contributed by atoms with Gasteiger partial charge in [-0.15, -0.1) is 0 Å². The molecule has 2 fully saturated rings. The summed E-state index contributed by atoms with van der Waals surface area (Å²) in [6.07, 6.45) is 4.98. The van der Waals surface area contributed by atoms with Gasteiger partial charge in [-0.25, -0.2) is 13.9 Å². The van der Waals surface area contributed by atoms with Crippen molar-refractivity contribution >= 4 is 28.8 Å². The van der Waals surface area contributed by atoms with Crippen LogP contribution in [0.4, 0.5) is 10.2 Å². The number of carbonyl (C=O) groups is 1. The highest BCUT2D eigenvalue weighted by atomic mass is 35.5. The van der Waals surface area contributed by atoms with Crippen molar-refractivity contribution in [3.63, 3.8) is 0 Å². The van der Waals surface area contributed by atoms with Gasteiger partial charge in [-0.1, -0.05) is 17.7 Å². The van der Waals surface area contributed by atoms with Crippen LogP contribution in [0, 0.1) is 34.9 Å². The molecule has 1 aromatic carbocycles. The van der Waals surface area contributed by atoms with E-state index in [1.165, 1.54) is 24.4 Å². The van der Waals surface area contributed by atoms with Gasteiger partial charge in [0.15, 0.2) is 0 Å². The maximum atomic E-state index is 14.0. The number of halogens is 2. The Morgan fingerprint density at radius 3 is 2.71 bits per heavy atom. The Labute approximate surface area is 241 Å². The summed E-state index contributed by atoms with van der Waals surface area (Å²) in [4.78, 5) is 19.4. The molecule has 41 heavy (non-hydrogen) atoms. The minimum absolute atomic E-state index is 0.0976. The number of carbonyl (C=O) groups excluding carboxylic acids is 1. The van der Waals surface area contributed by atoms with Crippen LogP contribution >= 0.6 is 11.6 Å². The number of rotatable bonds is 8. The highest BCUT2D eigenvalue weighted by molar-refractivity contribution is 6.33. The van der Waals surface area contributed by atoms with Gasteiger partial charge in [-0.3, -0.25) is 4.79 Å². The number of aliphatic hydroxyl groups is 1. The lowest BCUT2D eigenvalue weighted by Gasteiger charge is -2.21. The molecule has 2 N–H and O–H groups in total. The van der Waals surface area contributed by atoms with Crippen LogP contribution in [0.2, 0.25) is 5.02 Å². The van der Waals surface area contributed by atoms with Gasteiger partial charge in [-0.05, 0) is 61.9 Å². The number of nitrogens with zero attached hydrogens (tertiary/aromatic N) is 5. The summed E-state index contributed by atoms with van der Waals surface area (Å²) in [6, 6.07) is 12.2. The predicted octanol–water partition coefficient (Wildman–Crippen LogP) is 4.32. The second-order valence-electron chi connectivity index (χ2n) is 11.3. The number of amides is 1. The van der Waals surface area contributed by atoms with Gasteiger partial charge < -0.3 is 20.1 Å². The zero-order valence-corrected chi connectivity index (χ0v) is 23.3. The van der Waals surface area contributed by atoms with Crippen molar-refractivity contribution in [2.24, 2.45) is 17.8 Å². The lowest BCUT2D eigenvalue weighted by Crippen LogP contribution is -2.31. The molecule has 0 bridgehead atoms. The van der Waals surface area contributed by atoms with E-state index in [4.69, 9.17) is 21.3 Å². The smallest absolute Gasteiger partial charge is 0.255 e. The molecule has 9 nitrogen and oxygen atoms in total. The van der Waals surface area contributed by atoms with Crippen molar-refractivity contribution in [1.29, 1.82) is 5.26 Å². The molecule has 1 saturated heterocycles. The predicted molar refractivity (Wildman–Crippen MR) is 151 cm³/mol. The summed E-state index contributed by atoms with van der Waals surface area (Å²) < 4.78 is 21.5. The van der Waals surface area contributed by atoms with Crippen LogP contribution in [0.25, 0.3) is 16.6 Å². The van der Waals surface area contributed by atoms with Crippen LogP contribution in [-0.2, 0) is 0 Å². The summed E-state index contributed by atoms with van der Waals surface area (Å²) in [7, 11) is 0. The molecule has 3 atom stereocenters. The molecule has 0 unspecified atom stereocenters. The number of piperidine rings is 1. The normalized spacial score (nSPS) is 19.6. The van der Waals surface area contributed by atoms with Crippen LogP contribution in [0.3, 0.4) is 0 Å². The van der Waals surface area contributed by atoms with Crippen LogP contribution in [0.5, 0.6) is 5.75 Å². The van der Waals surface area contributed by atoms with E-state index >= 15 is 0 Å². The maximum Gasteiger partial charge on any atom is 0.255 e. The molecule has 3 aromatic heterocycles. The Morgan fingerprint density at radius 1 is 1.27 bits per heavy atom. The minimum Gasteiger partial charge on any atom is -0.489 e. The van der Waals surface area contributed by atoms with Crippen LogP contribution in [0.1, 0.15) is 29.8 Å². The minimum atomic E-state index is -1.01. The van der Waals surface area contributed by atoms with Crippen molar-refractivity contribution in [2.75, 3.05) is 31.1 Å². The lowest BCUT2D eigenvalue weighted by molar-refractivity contribution is 0.0283. The Bertz CT molecular complexity index is 1640. The SMILES string of the molecule is CC(C)(O)COc1cc(-c2ccc(N3C[C@@H]4[C@@H](CNC(=O)c5c(F)cccc5Cl)[C@@H]4C3)nc2)c2c(C#N)cnn2c1. The number of benzene rings is 1. The van der Waals surface area contributed by atoms with Gasteiger partial charge in [-0.2, -0.15) is 10.4 Å². The summed E-state index contributed by atoms with van der Waals surface area (Å²) in [5, 5.41) is 27.0. The molecule has 210 valence electrons. The molecule has 0 spiro atoms. The summed E-state index contributed by atoms with van der Waals surface area (Å²) in [5.41, 5.74) is 1.53. The molecule has 0 radical (unpaired) electrons. The first-order chi connectivity index (χ1) is 19.6. The van der Waals surface area contributed by atoms with Crippen molar-refractivity contribution < 1.29 is 19.0 Å². The van der Waals surface area contributed by atoms with Crippen LogP contribution in [0.15, 0.2) is 55.0 Å². The van der Waals surface area contributed by atoms with Gasteiger partial charge >= 0.3 is 0 Å². The molecule has 11 heteroatoms. The summed E-state index contributed by atoms with van der Waals surface area (Å²) >= 11 is 6.02. The lowest BCUT2D eigenvalue weighted by atomic mass is 10.1. The summed E-state index contributed by atoms with van der Waals surface area (Å²) in [5.74, 6) is 1.45. The maximum absolute atomic E-state index is 14.0. The quantitative estimate of drug-likeness (QED) is 0.322. The van der Waals surface area contributed by atoms with Crippen LogP contribution < -0.4 is 15.0 Å². The standard InChI is InChI=1S/C30H28ClFN6O3/c1-30(2,40)16-41-19-8-20(28-18(9-33)11-36-38(28)13-19)17-6-7-26(34-10-17)37-14-22-21(23(22)15-37)12-35-29(39)27-24(31)4-3-5-25(27)32/h3-8,10-11,13,21-23,40H,12,14-16H2,1-2H3,(H,35,39)/t21-,22-,23+. The van der Waals surface area contributed by atoms with E-state index < -0.39 is 17.3 Å². The van der Waals surface area contributed by atoms with E-state index in [0.717, 1.165) is 30.0 Å². The van der Waals surface area contributed by atoms with Gasteiger partial charge in [0, 0.05) is 37.0 Å². The average Bonchev–Trinajstić information content (AvgIpc) is 3.25. The fourth-order valence-corrected chi connectivity index (χ4v) is 5.87. The highest BCUT2D eigenvalue weighted by Gasteiger charge is 2.55. The molecule has 1 aliphatic heterocycles. The fourth-order valence-electron chi connectivity index (χ4n) is 5.62. The Balaban J connectivity index is 1.12. The molecular formula is C30H28ClFN6O3. The van der Waals surface area contributed by atoms with Crippen molar-refractivity contribution in [1.82, 2.24) is 19.9 Å². The average molecular weight is 575 g/mol. The molecule has 1 amide bonds. The van der Waals surface area contributed by atoms with Gasteiger partial charge in [0.05, 0.1) is 39.7 Å². The first kappa shape index (κ1) is 27.0. The van der Waals surface area contributed by atoms with Crippen LogP contribution in [-0.4, -0.2) is 57.5 Å². The zero-order chi connectivity index (χ0) is 28.9. The number of hydrogen-bond donors (Lipinski definition) is 2. The number of pyridine rings is 2. The van der Waals surface area contributed by atoms with E-state index in [0.29, 0.717) is 41.1 Å². The first-order valence-electron chi connectivity index (χ1n) is 13.3. The number of fused-ring (bicyclic) bond motifs is 2. The second-order valence-corrected chi connectivity index (χ2v) is 11.7. The molecular weight excluding hydrogens is 547 g/mol. The molecule has 4 aromatic rings. The van der Waals surface area contributed by atoms with Gasteiger partial charge in [0.1, 0.15) is 30.1 Å². The number of nitriles is 1. The van der Waals surface area contributed by atoms with Gasteiger partial charge in [0.2, 0.25) is 0 Å². The molecule has 4 heterocycles. The van der Waals surface area contributed by atoms with Gasteiger partial charge in [0.25, 0.3) is 5.91 Å². The first-order valence-corrected chi connectivity index (χ1v) is 13.7. The Hall–Kier alpha value is -4.20. The van der Waals surface area contributed by atoms with E-state index in [-0.39, 0.29) is 17.2 Å². The molecule has 6 rings (SSSR count). The van der Waals surface area contributed by atoms with Crippen molar-refractivity contribution in [2.45, 2.75) is 19.4 Å². The number of aromatic nitrogens is 3. The topological polar surface area (TPSA) is 116 Å². The van der Waals surface area contributed by atoms with E-state index in [1.807, 2.05) is 18.2 Å². The van der Waals surface area contributed by atoms with E-state index in [2.05, 4.69) is 21.4 Å². The van der Waals surface area contributed by atoms with E-state index in [9.17, 15) is 19.6 Å². The third kappa shape index (κ3) is 5.31. The fraction of sp³-hybridized carbons (Fsp3) is 0.333. The third-order valence-corrected chi connectivity index (χ3v) is 8.06. The Morgan fingerprint density at radius 2 is 2.05 bits per heavy atom. The number of hydrogen-bond acceptors (Lipinski definition) is 7.